The second-order valence-electron chi connectivity index (χ2n) is 17.4. The smallest absolute Gasteiger partial charge is 0.356 e. The maximum atomic E-state index is 11.9. The zero-order valence-corrected chi connectivity index (χ0v) is 47.3. The van der Waals surface area contributed by atoms with Crippen LogP contribution in [0.3, 0.4) is 0 Å². The highest BCUT2D eigenvalue weighted by atomic mass is 35.7. The first-order chi connectivity index (χ1) is 37.7. The molecule has 0 spiro atoms. The van der Waals surface area contributed by atoms with Crippen LogP contribution in [0.15, 0.2) is 161 Å². The van der Waals surface area contributed by atoms with Gasteiger partial charge in [0.15, 0.2) is 15.1 Å². The highest BCUT2D eigenvalue weighted by Gasteiger charge is 2.27. The zero-order valence-electron chi connectivity index (χ0n) is 44.1. The van der Waals surface area contributed by atoms with E-state index in [1.54, 1.807) is 39.3 Å². The molecule has 24 nitrogen and oxygen atoms in total. The van der Waals surface area contributed by atoms with Crippen LogP contribution in [-0.2, 0) is 75.1 Å². The van der Waals surface area contributed by atoms with Crippen molar-refractivity contribution in [3.05, 3.63) is 191 Å². The molecular weight excluding hydrogens is 1120 g/mol. The van der Waals surface area contributed by atoms with E-state index in [1.807, 2.05) is 121 Å². The third-order valence-corrected chi connectivity index (χ3v) is 13.4. The summed E-state index contributed by atoms with van der Waals surface area (Å²) < 4.78 is 88.6. The molecule has 0 aliphatic rings. The summed E-state index contributed by atoms with van der Waals surface area (Å²) in [5.74, 6) is -1.38. The number of carbonyl (C=O) groups excluding carboxylic acids is 3. The number of nitrogens with zero attached hydrogens (tertiary/aromatic N) is 8. The van der Waals surface area contributed by atoms with Crippen molar-refractivity contribution in [3.63, 3.8) is 0 Å². The number of primary sulfonamides is 2. The number of esters is 3. The van der Waals surface area contributed by atoms with Crippen molar-refractivity contribution in [2.24, 2.45) is 10.3 Å². The fraction of sp³-hybridized carbons (Fsp3) is 0.250. The lowest BCUT2D eigenvalue weighted by Gasteiger charge is -2.18. The van der Waals surface area contributed by atoms with Crippen LogP contribution in [0.2, 0.25) is 0 Å². The molecule has 80 heavy (non-hydrogen) atoms. The number of anilines is 1. The Hall–Kier alpha value is -8.05. The molecule has 0 aliphatic carbocycles. The van der Waals surface area contributed by atoms with E-state index in [-0.39, 0.29) is 52.8 Å². The number of aromatic nitrogens is 8. The van der Waals surface area contributed by atoms with Crippen molar-refractivity contribution in [1.29, 1.82) is 0 Å². The Kier molecular flexibility index (Phi) is 22.1. The molecule has 4 heterocycles. The van der Waals surface area contributed by atoms with Crippen LogP contribution < -0.4 is 16.0 Å². The van der Waals surface area contributed by atoms with E-state index in [1.165, 1.54) is 26.2 Å². The van der Waals surface area contributed by atoms with E-state index < -0.39 is 52.6 Å². The summed E-state index contributed by atoms with van der Waals surface area (Å²) in [6.07, 6.45) is 0. The van der Waals surface area contributed by atoms with E-state index in [2.05, 4.69) is 20.4 Å². The third-order valence-electron chi connectivity index (χ3n) is 10.7. The van der Waals surface area contributed by atoms with Gasteiger partial charge in [-0.15, -0.1) is 0 Å². The van der Waals surface area contributed by atoms with Crippen LogP contribution in [0, 0.1) is 0 Å². The van der Waals surface area contributed by atoms with Gasteiger partial charge in [0.05, 0.1) is 51.7 Å². The number of carbonyl (C=O) groups is 3. The number of aliphatic hydroxyl groups is 1. The summed E-state index contributed by atoms with van der Waals surface area (Å²) in [7, 11) is -6.62. The number of halogens is 1. The molecule has 0 atom stereocenters. The Labute approximate surface area is 467 Å². The number of hydrogen-bond acceptors (Lipinski definition) is 18. The molecule has 0 amide bonds. The van der Waals surface area contributed by atoms with Gasteiger partial charge in [-0.05, 0) is 56.9 Å². The molecule has 4 aromatic carbocycles. The Balaban J connectivity index is 0.000000196. The predicted octanol–water partition coefficient (Wildman–Crippen LogP) is 5.29. The van der Waals surface area contributed by atoms with Gasteiger partial charge in [0.1, 0.15) is 28.5 Å². The first-order valence-corrected chi connectivity index (χ1v) is 29.6. The fourth-order valence-corrected chi connectivity index (χ4v) is 8.77. The number of benzene rings is 4. The lowest BCUT2D eigenvalue weighted by molar-refractivity contribution is 0.0503. The lowest BCUT2D eigenvalue weighted by Crippen LogP contribution is -2.21. The molecule has 0 bridgehead atoms. The monoisotopic (exact) mass is 1180 g/mol. The number of rotatable bonds is 18. The van der Waals surface area contributed by atoms with Gasteiger partial charge in [0.25, 0.3) is 29.1 Å². The molecule has 0 saturated carbocycles. The van der Waals surface area contributed by atoms with Crippen molar-refractivity contribution in [3.8, 4) is 0 Å². The lowest BCUT2D eigenvalue weighted by atomic mass is 10.1. The minimum Gasteiger partial charge on any atom is -0.461 e. The zero-order chi connectivity index (χ0) is 58.8. The number of sulfonamides is 2. The molecule has 0 saturated heterocycles. The van der Waals surface area contributed by atoms with Crippen molar-refractivity contribution >= 4 is 63.5 Å². The van der Waals surface area contributed by atoms with Gasteiger partial charge in [-0.3, -0.25) is 18.7 Å². The normalized spacial score (nSPS) is 11.4. The van der Waals surface area contributed by atoms with E-state index in [9.17, 15) is 44.7 Å². The molecule has 8 rings (SSSR count). The van der Waals surface area contributed by atoms with Gasteiger partial charge >= 0.3 is 17.9 Å². The van der Waals surface area contributed by atoms with E-state index in [4.69, 9.17) is 40.9 Å². The van der Waals surface area contributed by atoms with Crippen molar-refractivity contribution < 1.29 is 59.0 Å². The molecule has 8 aromatic rings. The number of nitrogen functional groups attached to an aromatic ring is 1. The van der Waals surface area contributed by atoms with Gasteiger partial charge in [0, 0.05) is 34.9 Å². The fourth-order valence-electron chi connectivity index (χ4n) is 7.12. The summed E-state index contributed by atoms with van der Waals surface area (Å²) in [5, 5.41) is 35.1. The van der Waals surface area contributed by atoms with Gasteiger partial charge in [-0.2, -0.15) is 20.4 Å². The third kappa shape index (κ3) is 18.8. The Morgan fingerprint density at radius 3 is 1.10 bits per heavy atom. The van der Waals surface area contributed by atoms with Crippen molar-refractivity contribution in [2.75, 3.05) is 25.6 Å². The van der Waals surface area contributed by atoms with E-state index in [0.717, 1.165) is 34.4 Å². The van der Waals surface area contributed by atoms with Crippen molar-refractivity contribution in [2.45, 2.75) is 81.5 Å². The molecule has 0 unspecified atom stereocenters. The summed E-state index contributed by atoms with van der Waals surface area (Å²) in [6, 6.07) is 42.7. The van der Waals surface area contributed by atoms with Crippen LogP contribution >= 0.6 is 10.7 Å². The number of ether oxygens (including phenoxy) is 3. The predicted molar refractivity (Wildman–Crippen MR) is 294 cm³/mol. The van der Waals surface area contributed by atoms with Crippen molar-refractivity contribution in [1.82, 2.24) is 39.1 Å². The Morgan fingerprint density at radius 2 is 0.775 bits per heavy atom. The first-order valence-electron chi connectivity index (χ1n) is 24.2. The van der Waals surface area contributed by atoms with Crippen LogP contribution in [0.25, 0.3) is 0 Å². The highest BCUT2D eigenvalue weighted by molar-refractivity contribution is 8.13. The summed E-state index contributed by atoms with van der Waals surface area (Å²) >= 11 is 0. The van der Waals surface area contributed by atoms with E-state index >= 15 is 0 Å². The minimum atomic E-state index is -4.01. The molecule has 0 radical (unpaired) electrons. The second-order valence-corrected chi connectivity index (χ2v) is 22.9. The highest BCUT2D eigenvalue weighted by Crippen LogP contribution is 2.24. The van der Waals surface area contributed by atoms with Crippen LogP contribution in [0.5, 0.6) is 0 Å². The molecule has 426 valence electrons. The minimum absolute atomic E-state index is 0.0416. The number of nitrogens with two attached hydrogens (primary N) is 3. The maximum Gasteiger partial charge on any atom is 0.356 e. The SMILES string of the molecule is CC(C)(O)c1cc(S(N)(=O)=O)nn1Cc1ccccc1.CCOC(=O)c1cc(N)nn1Cc1ccccc1.CCOC(=O)c1cc(S(=O)(=O)Cl)nn1Cc1ccccc1.CCOC(=O)c1cc(S(N)(=O)=O)nn1Cc1ccccc1. The number of hydrogen-bond donors (Lipinski definition) is 4. The van der Waals surface area contributed by atoms with Gasteiger partial charge in [0.2, 0.25) is 0 Å². The average Bonchev–Trinajstić information content (AvgIpc) is 4.22. The molecule has 4 aromatic heterocycles. The maximum absolute atomic E-state index is 11.9. The summed E-state index contributed by atoms with van der Waals surface area (Å²) in [4.78, 5) is 35.5. The van der Waals surface area contributed by atoms with Crippen LogP contribution in [0.4, 0.5) is 5.82 Å². The first kappa shape index (κ1) is 62.8. The molecular formula is C52H60ClN11O13S3. The largest absolute Gasteiger partial charge is 0.461 e. The molecule has 7 N–H and O–H groups in total. The summed E-state index contributed by atoms with van der Waals surface area (Å²) in [6.45, 7) is 10.2. The van der Waals surface area contributed by atoms with Crippen LogP contribution in [-0.4, -0.2) is 107 Å². The second kappa shape index (κ2) is 28.2. The topological polar surface area (TPSA) is 351 Å². The average molecular weight is 1180 g/mol. The van der Waals surface area contributed by atoms with Gasteiger partial charge in [-0.1, -0.05) is 121 Å². The Bertz CT molecular complexity index is 3550. The molecule has 0 aliphatic heterocycles. The Morgan fingerprint density at radius 1 is 0.487 bits per heavy atom. The van der Waals surface area contributed by atoms with Crippen LogP contribution in [0.1, 0.15) is 94.0 Å². The standard InChI is InChI=1S/C13H13ClN2O4S.C13H15N3O4S.C13H17N3O3S.C13H15N3O2/c2*1-2-20-13(17)11-8-12(21(14,18)19)15-16(11)9-10-6-4-3-5-7-10;1-13(2,17)11-8-12(20(14,18)19)15-16(11)9-10-6-4-3-5-7-10;1-2-18-13(17)11-8-12(14)15-16(11)9-10-6-4-3-5-7-10/h3-8H,2,9H2,1H3;3-8H,2,9H2,1H3,(H2,14,18,19);3-8,17H,9H2,1-2H3,(H2,14,18,19);3-8H,2,9H2,1H3,(H2,14,15). The van der Waals surface area contributed by atoms with Gasteiger partial charge < -0.3 is 25.1 Å². The van der Waals surface area contributed by atoms with E-state index in [0.29, 0.717) is 36.9 Å². The molecule has 28 heteroatoms. The van der Waals surface area contributed by atoms with Gasteiger partial charge in [-0.25, -0.2) is 49.9 Å². The quantitative estimate of drug-likeness (QED) is 0.0482. The molecule has 0 fully saturated rings. The summed E-state index contributed by atoms with van der Waals surface area (Å²) in [5.41, 5.74) is 8.99.